The molecule has 0 amide bonds. The third-order valence-corrected chi connectivity index (χ3v) is 3.45. The predicted molar refractivity (Wildman–Crippen MR) is 58.2 cm³/mol. The summed E-state index contributed by atoms with van der Waals surface area (Å²) in [5.41, 5.74) is 0. The summed E-state index contributed by atoms with van der Waals surface area (Å²) in [6, 6.07) is 3.34. The number of alkyl halides is 1. The Morgan fingerprint density at radius 1 is 1.57 bits per heavy atom. The first-order chi connectivity index (χ1) is 6.50. The van der Waals surface area contributed by atoms with Crippen LogP contribution < -0.4 is 0 Å². The monoisotopic (exact) mass is 296 g/mol. The molecule has 0 aliphatic rings. The summed E-state index contributed by atoms with van der Waals surface area (Å²) < 4.78 is 0.819. The van der Waals surface area contributed by atoms with Crippen molar-refractivity contribution in [2.24, 2.45) is 0 Å². The number of aliphatic carboxylic acids is 1. The maximum Gasteiger partial charge on any atom is 0.305 e. The summed E-state index contributed by atoms with van der Waals surface area (Å²) in [6.07, 6.45) is -0.351. The van der Waals surface area contributed by atoms with E-state index in [1.165, 1.54) is 11.3 Å². The highest BCUT2D eigenvalue weighted by Crippen LogP contribution is 2.24. The maximum absolute atomic E-state index is 11.5. The van der Waals surface area contributed by atoms with Gasteiger partial charge in [0, 0.05) is 0 Å². The van der Waals surface area contributed by atoms with E-state index in [1.54, 1.807) is 12.1 Å². The number of thiophene rings is 1. The lowest BCUT2D eigenvalue weighted by Gasteiger charge is -2.02. The molecule has 14 heavy (non-hydrogen) atoms. The van der Waals surface area contributed by atoms with Gasteiger partial charge in [-0.1, -0.05) is 0 Å². The first-order valence-corrected chi connectivity index (χ1v) is 5.70. The van der Waals surface area contributed by atoms with Gasteiger partial charge < -0.3 is 5.11 Å². The fraction of sp³-hybridized carbons (Fsp3) is 0.250. The summed E-state index contributed by atoms with van der Waals surface area (Å²) in [6.45, 7) is 0. The average molecular weight is 298 g/mol. The standard InChI is InChI=1S/C8H6BrClO3S/c9-6-2-1-5(14-6)8(13)4(10)3-7(11)12/h1-2,4H,3H2,(H,11,12). The van der Waals surface area contributed by atoms with Crippen LogP contribution in [0.2, 0.25) is 0 Å². The van der Waals surface area contributed by atoms with E-state index in [2.05, 4.69) is 15.9 Å². The van der Waals surface area contributed by atoms with Gasteiger partial charge in [0.15, 0.2) is 5.78 Å². The molecule has 1 N–H and O–H groups in total. The molecule has 1 atom stereocenters. The second kappa shape index (κ2) is 4.91. The molecule has 1 unspecified atom stereocenters. The van der Waals surface area contributed by atoms with Gasteiger partial charge in [-0.15, -0.1) is 22.9 Å². The Kier molecular flexibility index (Phi) is 4.10. The van der Waals surface area contributed by atoms with Crippen molar-refractivity contribution < 1.29 is 14.7 Å². The zero-order valence-electron chi connectivity index (χ0n) is 6.87. The molecular formula is C8H6BrClO3S. The molecule has 0 radical (unpaired) electrons. The molecule has 0 saturated heterocycles. The number of hydrogen-bond donors (Lipinski definition) is 1. The molecule has 0 aliphatic heterocycles. The number of rotatable bonds is 4. The molecule has 0 bridgehead atoms. The minimum Gasteiger partial charge on any atom is -0.481 e. The lowest BCUT2D eigenvalue weighted by molar-refractivity contribution is -0.136. The van der Waals surface area contributed by atoms with Crippen LogP contribution in [0.4, 0.5) is 0 Å². The van der Waals surface area contributed by atoms with Crippen LogP contribution >= 0.6 is 38.9 Å². The van der Waals surface area contributed by atoms with Crippen molar-refractivity contribution in [2.45, 2.75) is 11.8 Å². The molecule has 1 aromatic rings. The van der Waals surface area contributed by atoms with Gasteiger partial charge in [0.2, 0.25) is 0 Å². The zero-order valence-corrected chi connectivity index (χ0v) is 10.0. The largest absolute Gasteiger partial charge is 0.481 e. The van der Waals surface area contributed by atoms with Crippen LogP contribution in [0, 0.1) is 0 Å². The summed E-state index contributed by atoms with van der Waals surface area (Å²) in [5, 5.41) is 7.45. The van der Waals surface area contributed by atoms with Crippen molar-refractivity contribution in [1.82, 2.24) is 0 Å². The van der Waals surface area contributed by atoms with Gasteiger partial charge in [0.25, 0.3) is 0 Å². The number of carboxylic acids is 1. The molecule has 1 heterocycles. The van der Waals surface area contributed by atoms with Crippen molar-refractivity contribution in [2.75, 3.05) is 0 Å². The lowest BCUT2D eigenvalue weighted by Crippen LogP contribution is -2.17. The van der Waals surface area contributed by atoms with Crippen molar-refractivity contribution in [3.8, 4) is 0 Å². The number of ketones is 1. The minimum atomic E-state index is -1.08. The summed E-state index contributed by atoms with van der Waals surface area (Å²) in [5.74, 6) is -1.42. The van der Waals surface area contributed by atoms with Crippen LogP contribution in [0.3, 0.4) is 0 Å². The third-order valence-electron chi connectivity index (χ3n) is 1.45. The van der Waals surface area contributed by atoms with Crippen molar-refractivity contribution in [3.05, 3.63) is 20.8 Å². The zero-order chi connectivity index (χ0) is 10.7. The van der Waals surface area contributed by atoms with Crippen LogP contribution in [0.5, 0.6) is 0 Å². The van der Waals surface area contributed by atoms with Crippen molar-refractivity contribution in [3.63, 3.8) is 0 Å². The first kappa shape index (κ1) is 11.7. The molecule has 76 valence electrons. The van der Waals surface area contributed by atoms with Gasteiger partial charge in [-0.05, 0) is 28.1 Å². The summed E-state index contributed by atoms with van der Waals surface area (Å²) in [7, 11) is 0. The number of Topliss-reactive ketones (excluding diaryl/α,β-unsaturated/α-hetero) is 1. The van der Waals surface area contributed by atoms with Gasteiger partial charge in [-0.3, -0.25) is 9.59 Å². The smallest absolute Gasteiger partial charge is 0.305 e. The average Bonchev–Trinajstić information content (AvgIpc) is 2.49. The minimum absolute atomic E-state index is 0.343. The Morgan fingerprint density at radius 3 is 2.64 bits per heavy atom. The normalized spacial score (nSPS) is 12.4. The van der Waals surface area contributed by atoms with Gasteiger partial charge in [0.05, 0.1) is 15.1 Å². The number of halogens is 2. The van der Waals surface area contributed by atoms with Crippen LogP contribution in [-0.4, -0.2) is 22.2 Å². The number of carbonyl (C=O) groups is 2. The SMILES string of the molecule is O=C(O)CC(Cl)C(=O)c1ccc(Br)s1. The highest BCUT2D eigenvalue weighted by Gasteiger charge is 2.21. The molecule has 0 aromatic carbocycles. The molecule has 0 spiro atoms. The molecule has 6 heteroatoms. The number of carbonyl (C=O) groups excluding carboxylic acids is 1. The van der Waals surface area contributed by atoms with E-state index in [0.717, 1.165) is 3.79 Å². The van der Waals surface area contributed by atoms with Gasteiger partial charge in [0.1, 0.15) is 5.38 Å². The molecule has 1 aromatic heterocycles. The maximum atomic E-state index is 11.5. The van der Waals surface area contributed by atoms with Crippen molar-refractivity contribution >= 4 is 50.6 Å². The van der Waals surface area contributed by atoms with E-state index in [-0.39, 0.29) is 12.2 Å². The molecule has 1 rings (SSSR count). The van der Waals surface area contributed by atoms with E-state index in [9.17, 15) is 9.59 Å². The third kappa shape index (κ3) is 3.08. The van der Waals surface area contributed by atoms with Crippen molar-refractivity contribution in [1.29, 1.82) is 0 Å². The molecule has 0 saturated carbocycles. The molecule has 0 fully saturated rings. The first-order valence-electron chi connectivity index (χ1n) is 3.66. The lowest BCUT2D eigenvalue weighted by atomic mass is 10.2. The topological polar surface area (TPSA) is 54.4 Å². The second-order valence-electron chi connectivity index (χ2n) is 2.53. The highest BCUT2D eigenvalue weighted by atomic mass is 79.9. The van der Waals surface area contributed by atoms with Crippen LogP contribution in [-0.2, 0) is 4.79 Å². The van der Waals surface area contributed by atoms with E-state index >= 15 is 0 Å². The van der Waals surface area contributed by atoms with E-state index in [4.69, 9.17) is 16.7 Å². The van der Waals surface area contributed by atoms with Gasteiger partial charge >= 0.3 is 5.97 Å². The number of carboxylic acid groups (broad SMARTS) is 1. The summed E-state index contributed by atoms with van der Waals surface area (Å²) >= 11 is 10.1. The quantitative estimate of drug-likeness (QED) is 0.687. The number of hydrogen-bond acceptors (Lipinski definition) is 3. The van der Waals surface area contributed by atoms with Crippen LogP contribution in [0.1, 0.15) is 16.1 Å². The van der Waals surface area contributed by atoms with Gasteiger partial charge in [-0.25, -0.2) is 0 Å². The van der Waals surface area contributed by atoms with Crippen LogP contribution in [0.15, 0.2) is 15.9 Å². The Balaban J connectivity index is 2.70. The highest BCUT2D eigenvalue weighted by molar-refractivity contribution is 9.11. The Hall–Kier alpha value is -0.390. The Morgan fingerprint density at radius 2 is 2.21 bits per heavy atom. The molecular weight excluding hydrogens is 292 g/mol. The molecule has 0 aliphatic carbocycles. The predicted octanol–water partition coefficient (Wildman–Crippen LogP) is 2.78. The van der Waals surface area contributed by atoms with E-state index < -0.39 is 11.3 Å². The Bertz CT molecular complexity index is 363. The fourth-order valence-electron chi connectivity index (χ4n) is 0.847. The van der Waals surface area contributed by atoms with Crippen LogP contribution in [0.25, 0.3) is 0 Å². The second-order valence-corrected chi connectivity index (χ2v) is 5.52. The fourth-order valence-corrected chi connectivity index (χ4v) is 2.54. The molecule has 3 nitrogen and oxygen atoms in total. The summed E-state index contributed by atoms with van der Waals surface area (Å²) in [4.78, 5) is 22.3. The van der Waals surface area contributed by atoms with E-state index in [0.29, 0.717) is 4.88 Å². The van der Waals surface area contributed by atoms with E-state index in [1.807, 2.05) is 0 Å². The van der Waals surface area contributed by atoms with Gasteiger partial charge in [-0.2, -0.15) is 0 Å². The Labute approximate surface area is 97.8 Å².